The molecule has 1 fully saturated rings. The van der Waals surface area contributed by atoms with Gasteiger partial charge in [-0.25, -0.2) is 9.59 Å². The van der Waals surface area contributed by atoms with E-state index >= 15 is 0 Å². The standard InChI is InChI=1S/C20H25BrN2O2.C2H2O4/c1-24-19-8-7-16(13-20(19)25-2)14-22-9-11-23(12-10-22)15-17-5-3-4-6-18(17)21;3-1(4)2(5)6/h3-8,13H,9-12,14-15H2,1-2H3;(H,3,4)(H,5,6). The number of ether oxygens (including phenoxy) is 2. The minimum Gasteiger partial charge on any atom is -0.493 e. The van der Waals surface area contributed by atoms with Crippen LogP contribution >= 0.6 is 15.9 Å². The maximum atomic E-state index is 9.10. The molecule has 1 aliphatic heterocycles. The highest BCUT2D eigenvalue weighted by Gasteiger charge is 2.18. The van der Waals surface area contributed by atoms with Gasteiger partial charge in [0.15, 0.2) is 11.5 Å². The Morgan fingerprint density at radius 1 is 0.871 bits per heavy atom. The Morgan fingerprint density at radius 2 is 1.42 bits per heavy atom. The molecule has 168 valence electrons. The van der Waals surface area contributed by atoms with Crippen molar-refractivity contribution < 1.29 is 29.3 Å². The van der Waals surface area contributed by atoms with E-state index in [-0.39, 0.29) is 0 Å². The van der Waals surface area contributed by atoms with E-state index in [9.17, 15) is 0 Å². The zero-order valence-corrected chi connectivity index (χ0v) is 19.2. The quantitative estimate of drug-likeness (QED) is 0.591. The first-order valence-corrected chi connectivity index (χ1v) is 10.5. The van der Waals surface area contributed by atoms with Gasteiger partial charge in [-0.1, -0.05) is 40.2 Å². The molecule has 2 N–H and O–H groups in total. The van der Waals surface area contributed by atoms with Crippen LogP contribution in [0.15, 0.2) is 46.9 Å². The first-order valence-electron chi connectivity index (χ1n) is 9.69. The van der Waals surface area contributed by atoms with Crippen molar-refractivity contribution in [2.75, 3.05) is 40.4 Å². The lowest BCUT2D eigenvalue weighted by molar-refractivity contribution is -0.159. The van der Waals surface area contributed by atoms with E-state index in [1.165, 1.54) is 15.6 Å². The van der Waals surface area contributed by atoms with E-state index in [2.05, 4.69) is 62.1 Å². The summed E-state index contributed by atoms with van der Waals surface area (Å²) in [5.41, 5.74) is 2.62. The van der Waals surface area contributed by atoms with Crippen LogP contribution in [0.5, 0.6) is 11.5 Å². The lowest BCUT2D eigenvalue weighted by Crippen LogP contribution is -2.45. The molecule has 0 aliphatic carbocycles. The van der Waals surface area contributed by atoms with Crippen molar-refractivity contribution in [3.05, 3.63) is 58.1 Å². The van der Waals surface area contributed by atoms with Crippen molar-refractivity contribution in [2.24, 2.45) is 0 Å². The maximum absolute atomic E-state index is 9.10. The van der Waals surface area contributed by atoms with Crippen molar-refractivity contribution in [3.63, 3.8) is 0 Å². The largest absolute Gasteiger partial charge is 0.493 e. The van der Waals surface area contributed by atoms with Crippen molar-refractivity contribution in [1.82, 2.24) is 9.80 Å². The second-order valence-corrected chi connectivity index (χ2v) is 7.80. The summed E-state index contributed by atoms with van der Waals surface area (Å²) >= 11 is 3.65. The van der Waals surface area contributed by atoms with Crippen LogP contribution in [0.2, 0.25) is 0 Å². The van der Waals surface area contributed by atoms with Crippen molar-refractivity contribution in [1.29, 1.82) is 0 Å². The monoisotopic (exact) mass is 494 g/mol. The fraction of sp³-hybridized carbons (Fsp3) is 0.364. The number of benzene rings is 2. The number of carboxylic acid groups (broad SMARTS) is 2. The summed E-state index contributed by atoms with van der Waals surface area (Å²) in [6, 6.07) is 14.7. The van der Waals surface area contributed by atoms with Crippen LogP contribution in [0, 0.1) is 0 Å². The van der Waals surface area contributed by atoms with E-state index < -0.39 is 11.9 Å². The van der Waals surface area contributed by atoms with Crippen LogP contribution < -0.4 is 9.47 Å². The van der Waals surface area contributed by atoms with E-state index in [4.69, 9.17) is 29.3 Å². The smallest absolute Gasteiger partial charge is 0.414 e. The van der Waals surface area contributed by atoms with Gasteiger partial charge in [0, 0.05) is 43.7 Å². The Bertz CT molecular complexity index is 872. The molecule has 0 unspecified atom stereocenters. The molecular weight excluding hydrogens is 468 g/mol. The third-order valence-electron chi connectivity index (χ3n) is 4.85. The van der Waals surface area contributed by atoms with Crippen LogP contribution in [-0.2, 0) is 22.7 Å². The normalized spacial score (nSPS) is 14.3. The number of methoxy groups -OCH3 is 2. The Labute approximate surface area is 190 Å². The molecule has 2 aromatic rings. The predicted octanol–water partition coefficient (Wildman–Crippen LogP) is 2.94. The highest BCUT2D eigenvalue weighted by molar-refractivity contribution is 9.10. The molecule has 2 aromatic carbocycles. The Morgan fingerprint density at radius 3 is 1.94 bits per heavy atom. The fourth-order valence-corrected chi connectivity index (χ4v) is 3.62. The summed E-state index contributed by atoms with van der Waals surface area (Å²) in [5.74, 6) is -2.07. The van der Waals surface area contributed by atoms with Crippen LogP contribution in [0.25, 0.3) is 0 Å². The molecule has 0 saturated carbocycles. The lowest BCUT2D eigenvalue weighted by Gasteiger charge is -2.35. The summed E-state index contributed by atoms with van der Waals surface area (Å²) < 4.78 is 11.9. The van der Waals surface area contributed by atoms with Gasteiger partial charge in [0.1, 0.15) is 0 Å². The minimum atomic E-state index is -1.82. The Hall–Kier alpha value is -2.62. The van der Waals surface area contributed by atoms with E-state index in [0.717, 1.165) is 50.8 Å². The zero-order valence-electron chi connectivity index (χ0n) is 17.6. The van der Waals surface area contributed by atoms with Crippen LogP contribution in [-0.4, -0.2) is 72.4 Å². The van der Waals surface area contributed by atoms with Gasteiger partial charge in [-0.3, -0.25) is 9.80 Å². The number of aliphatic carboxylic acids is 2. The van der Waals surface area contributed by atoms with Crippen molar-refractivity contribution >= 4 is 27.9 Å². The van der Waals surface area contributed by atoms with Gasteiger partial charge in [0.25, 0.3) is 0 Å². The van der Waals surface area contributed by atoms with Gasteiger partial charge in [-0.2, -0.15) is 0 Å². The predicted molar refractivity (Wildman–Crippen MR) is 120 cm³/mol. The van der Waals surface area contributed by atoms with Crippen LogP contribution in [0.1, 0.15) is 11.1 Å². The topological polar surface area (TPSA) is 99.5 Å². The van der Waals surface area contributed by atoms with Gasteiger partial charge in [-0.15, -0.1) is 0 Å². The highest BCUT2D eigenvalue weighted by Crippen LogP contribution is 2.28. The SMILES string of the molecule is COc1ccc(CN2CCN(Cc3ccccc3Br)CC2)cc1OC.O=C(O)C(=O)O. The second-order valence-electron chi connectivity index (χ2n) is 6.94. The molecule has 0 bridgehead atoms. The summed E-state index contributed by atoms with van der Waals surface area (Å²) in [4.78, 5) is 23.2. The molecule has 1 heterocycles. The number of carbonyl (C=O) groups is 2. The molecular formula is C22H27BrN2O6. The van der Waals surface area contributed by atoms with Crippen molar-refractivity contribution in [3.8, 4) is 11.5 Å². The van der Waals surface area contributed by atoms with Gasteiger partial charge >= 0.3 is 11.9 Å². The number of rotatable bonds is 6. The molecule has 0 radical (unpaired) electrons. The number of hydrogen-bond acceptors (Lipinski definition) is 6. The summed E-state index contributed by atoms with van der Waals surface area (Å²) in [6.45, 7) is 6.30. The Balaban J connectivity index is 0.000000501. The Kier molecular flexibility index (Phi) is 9.77. The third-order valence-corrected chi connectivity index (χ3v) is 5.63. The fourth-order valence-electron chi connectivity index (χ4n) is 3.21. The summed E-state index contributed by atoms with van der Waals surface area (Å²) in [6.07, 6.45) is 0. The van der Waals surface area contributed by atoms with E-state index in [0.29, 0.717) is 0 Å². The molecule has 3 rings (SSSR count). The number of piperazine rings is 1. The first-order chi connectivity index (χ1) is 14.8. The van der Waals surface area contributed by atoms with Gasteiger partial charge in [0.2, 0.25) is 0 Å². The molecule has 8 nitrogen and oxygen atoms in total. The van der Waals surface area contributed by atoms with Crippen molar-refractivity contribution in [2.45, 2.75) is 13.1 Å². The summed E-state index contributed by atoms with van der Waals surface area (Å²) in [7, 11) is 3.35. The number of carboxylic acids is 2. The highest BCUT2D eigenvalue weighted by atomic mass is 79.9. The number of hydrogen-bond donors (Lipinski definition) is 2. The molecule has 1 aliphatic rings. The molecule has 0 atom stereocenters. The van der Waals surface area contributed by atoms with Crippen LogP contribution in [0.3, 0.4) is 0 Å². The maximum Gasteiger partial charge on any atom is 0.414 e. The van der Waals surface area contributed by atoms with Gasteiger partial charge < -0.3 is 19.7 Å². The lowest BCUT2D eigenvalue weighted by atomic mass is 10.1. The van der Waals surface area contributed by atoms with Gasteiger partial charge in [0.05, 0.1) is 14.2 Å². The molecule has 1 saturated heterocycles. The molecule has 9 heteroatoms. The van der Waals surface area contributed by atoms with Crippen LogP contribution in [0.4, 0.5) is 0 Å². The molecule has 31 heavy (non-hydrogen) atoms. The average Bonchev–Trinajstić information content (AvgIpc) is 2.77. The molecule has 0 amide bonds. The van der Waals surface area contributed by atoms with Gasteiger partial charge in [-0.05, 0) is 29.3 Å². The second kappa shape index (κ2) is 12.3. The van der Waals surface area contributed by atoms with E-state index in [1.54, 1.807) is 14.2 Å². The molecule has 0 spiro atoms. The third kappa shape index (κ3) is 7.86. The first kappa shape index (κ1) is 24.6. The summed E-state index contributed by atoms with van der Waals surface area (Å²) in [5, 5.41) is 14.8. The number of nitrogens with zero attached hydrogens (tertiary/aromatic N) is 2. The minimum absolute atomic E-state index is 0.782. The van der Waals surface area contributed by atoms with E-state index in [1.807, 2.05) is 6.07 Å². The zero-order chi connectivity index (χ0) is 22.8. The average molecular weight is 495 g/mol. The molecule has 0 aromatic heterocycles. The number of halogens is 1.